The summed E-state index contributed by atoms with van der Waals surface area (Å²) in [5.41, 5.74) is 0.376. The van der Waals surface area contributed by atoms with E-state index in [0.717, 1.165) is 11.6 Å². The molecule has 2 rings (SSSR count). The van der Waals surface area contributed by atoms with E-state index in [1.54, 1.807) is 13.0 Å². The molecule has 2 aromatic rings. The zero-order valence-corrected chi connectivity index (χ0v) is 13.8. The van der Waals surface area contributed by atoms with Gasteiger partial charge in [0, 0.05) is 6.07 Å². The second-order valence-electron chi connectivity index (χ2n) is 4.68. The minimum absolute atomic E-state index is 0.0321. The molecule has 0 unspecified atom stereocenters. The molecule has 1 N–H and O–H groups in total. The average Bonchev–Trinajstić information content (AvgIpc) is 2.48. The van der Waals surface area contributed by atoms with Crippen LogP contribution in [0.2, 0.25) is 5.02 Å². The number of rotatable bonds is 5. The van der Waals surface area contributed by atoms with Crippen LogP contribution < -0.4 is 9.46 Å². The molecule has 0 amide bonds. The van der Waals surface area contributed by atoms with Gasteiger partial charge < -0.3 is 4.74 Å². The molecule has 0 saturated carbocycles. The van der Waals surface area contributed by atoms with E-state index in [1.165, 1.54) is 31.4 Å². The predicted octanol–water partition coefficient (Wildman–Crippen LogP) is 3.37. The van der Waals surface area contributed by atoms with Crippen LogP contribution in [0.15, 0.2) is 41.3 Å². The Morgan fingerprint density at radius 1 is 1.22 bits per heavy atom. The Hall–Kier alpha value is -2.32. The first-order valence-electron chi connectivity index (χ1n) is 6.36. The normalized spacial score (nSPS) is 11.1. The minimum atomic E-state index is -3.97. The minimum Gasteiger partial charge on any atom is -0.495 e. The van der Waals surface area contributed by atoms with Crippen molar-refractivity contribution >= 4 is 33.0 Å². The lowest BCUT2D eigenvalue weighted by molar-refractivity contribution is -0.384. The van der Waals surface area contributed by atoms with Crippen LogP contribution in [0.3, 0.4) is 0 Å². The van der Waals surface area contributed by atoms with Gasteiger partial charge in [-0.15, -0.1) is 0 Å². The highest BCUT2D eigenvalue weighted by Gasteiger charge is 2.21. The van der Waals surface area contributed by atoms with E-state index in [1.807, 2.05) is 0 Å². The number of aryl methyl sites for hydroxylation is 1. The zero-order valence-electron chi connectivity index (χ0n) is 12.2. The summed E-state index contributed by atoms with van der Waals surface area (Å²) in [4.78, 5) is 10.1. The fraction of sp³-hybridized carbons (Fsp3) is 0.143. The number of nitrogens with zero attached hydrogens (tertiary/aromatic N) is 1. The number of benzene rings is 2. The summed E-state index contributed by atoms with van der Waals surface area (Å²) in [5, 5.41) is 10.8. The number of sulfonamides is 1. The fourth-order valence-electron chi connectivity index (χ4n) is 1.92. The van der Waals surface area contributed by atoms with Crippen LogP contribution in [-0.2, 0) is 10.0 Å². The van der Waals surface area contributed by atoms with Crippen molar-refractivity contribution in [2.75, 3.05) is 11.8 Å². The van der Waals surface area contributed by atoms with Gasteiger partial charge in [0.15, 0.2) is 0 Å². The van der Waals surface area contributed by atoms with Crippen LogP contribution in [0.1, 0.15) is 5.56 Å². The van der Waals surface area contributed by atoms with Gasteiger partial charge in [0.1, 0.15) is 15.7 Å². The molecule has 0 aliphatic rings. The molecule has 2 aromatic carbocycles. The molecule has 9 heteroatoms. The predicted molar refractivity (Wildman–Crippen MR) is 86.6 cm³/mol. The smallest absolute Gasteiger partial charge is 0.289 e. The van der Waals surface area contributed by atoms with E-state index in [-0.39, 0.29) is 27.0 Å². The molecular formula is C14H13ClN2O5S. The number of nitro benzene ring substituents is 1. The van der Waals surface area contributed by atoms with Crippen LogP contribution in [-0.4, -0.2) is 20.5 Å². The molecule has 0 saturated heterocycles. The second kappa shape index (κ2) is 6.43. The highest BCUT2D eigenvalue weighted by Crippen LogP contribution is 2.30. The molecule has 0 aromatic heterocycles. The molecule has 0 radical (unpaired) electrons. The van der Waals surface area contributed by atoms with Crippen molar-refractivity contribution in [1.29, 1.82) is 0 Å². The first-order valence-corrected chi connectivity index (χ1v) is 8.22. The van der Waals surface area contributed by atoms with Gasteiger partial charge in [-0.1, -0.05) is 17.7 Å². The maximum absolute atomic E-state index is 12.5. The summed E-state index contributed by atoms with van der Waals surface area (Å²) in [5.74, 6) is 0.173. The Bertz CT molecular complexity index is 867. The number of nitrogens with one attached hydrogen (secondary N) is 1. The summed E-state index contributed by atoms with van der Waals surface area (Å²) < 4.78 is 32.4. The summed E-state index contributed by atoms with van der Waals surface area (Å²) in [6, 6.07) is 8.35. The molecule has 0 atom stereocenters. The largest absolute Gasteiger partial charge is 0.495 e. The lowest BCUT2D eigenvalue weighted by atomic mass is 10.2. The monoisotopic (exact) mass is 356 g/mol. The Labute approximate surface area is 138 Å². The average molecular weight is 357 g/mol. The van der Waals surface area contributed by atoms with Crippen molar-refractivity contribution in [2.45, 2.75) is 11.8 Å². The van der Waals surface area contributed by atoms with Crippen molar-refractivity contribution in [2.24, 2.45) is 0 Å². The molecule has 122 valence electrons. The molecule has 0 aliphatic carbocycles. The van der Waals surface area contributed by atoms with E-state index >= 15 is 0 Å². The first-order chi connectivity index (χ1) is 10.7. The zero-order chi connectivity index (χ0) is 17.2. The van der Waals surface area contributed by atoms with Gasteiger partial charge in [-0.05, 0) is 36.8 Å². The highest BCUT2D eigenvalue weighted by atomic mass is 35.5. The number of ether oxygens (including phenoxy) is 1. The van der Waals surface area contributed by atoms with Crippen molar-refractivity contribution < 1.29 is 18.1 Å². The fourth-order valence-corrected chi connectivity index (χ4v) is 3.41. The van der Waals surface area contributed by atoms with Gasteiger partial charge in [-0.25, -0.2) is 8.42 Å². The number of methoxy groups -OCH3 is 1. The van der Waals surface area contributed by atoms with E-state index in [2.05, 4.69) is 4.72 Å². The van der Waals surface area contributed by atoms with E-state index in [4.69, 9.17) is 16.3 Å². The summed E-state index contributed by atoms with van der Waals surface area (Å²) in [6.45, 7) is 1.74. The second-order valence-corrected chi connectivity index (χ2v) is 6.74. The third-order valence-electron chi connectivity index (χ3n) is 3.00. The number of nitro groups is 1. The molecule has 0 aliphatic heterocycles. The van der Waals surface area contributed by atoms with Crippen molar-refractivity contribution in [1.82, 2.24) is 0 Å². The van der Waals surface area contributed by atoms with Crippen LogP contribution in [0.25, 0.3) is 0 Å². The maximum Gasteiger partial charge on any atom is 0.289 e. The van der Waals surface area contributed by atoms with Gasteiger partial charge in [-0.3, -0.25) is 14.8 Å². The number of hydrogen-bond acceptors (Lipinski definition) is 5. The number of hydrogen-bond donors (Lipinski definition) is 1. The van der Waals surface area contributed by atoms with Crippen molar-refractivity contribution in [3.63, 3.8) is 0 Å². The SMILES string of the molecule is COc1ccc(C)cc1S(=O)(=O)Nc1ccc(Cl)c([N+](=O)[O-])c1. The summed E-state index contributed by atoms with van der Waals surface area (Å²) in [7, 11) is -2.62. The Morgan fingerprint density at radius 3 is 2.52 bits per heavy atom. The topological polar surface area (TPSA) is 98.5 Å². The summed E-state index contributed by atoms with van der Waals surface area (Å²) >= 11 is 5.71. The van der Waals surface area contributed by atoms with Gasteiger partial charge in [0.2, 0.25) is 0 Å². The molecular weight excluding hydrogens is 344 g/mol. The number of anilines is 1. The van der Waals surface area contributed by atoms with Crippen LogP contribution >= 0.6 is 11.6 Å². The van der Waals surface area contributed by atoms with Crippen LogP contribution in [0.5, 0.6) is 5.75 Å². The third-order valence-corrected chi connectivity index (χ3v) is 4.73. The molecule has 0 bridgehead atoms. The summed E-state index contributed by atoms with van der Waals surface area (Å²) in [6.07, 6.45) is 0. The molecule has 23 heavy (non-hydrogen) atoms. The standard InChI is InChI=1S/C14H13ClN2O5S/c1-9-3-6-13(22-2)14(7-9)23(20,21)16-10-4-5-11(15)12(8-10)17(18)19/h3-8,16H,1-2H3. The van der Waals surface area contributed by atoms with E-state index in [9.17, 15) is 18.5 Å². The van der Waals surface area contributed by atoms with Crippen LogP contribution in [0, 0.1) is 17.0 Å². The quantitative estimate of drug-likeness (QED) is 0.654. The lowest BCUT2D eigenvalue weighted by Gasteiger charge is -2.12. The van der Waals surface area contributed by atoms with Crippen LogP contribution in [0.4, 0.5) is 11.4 Å². The Kier molecular flexibility index (Phi) is 4.76. The van der Waals surface area contributed by atoms with Gasteiger partial charge in [0.05, 0.1) is 17.7 Å². The molecule has 0 fully saturated rings. The maximum atomic E-state index is 12.5. The van der Waals surface area contributed by atoms with Gasteiger partial charge in [0.25, 0.3) is 15.7 Å². The Balaban J connectivity index is 2.45. The lowest BCUT2D eigenvalue weighted by Crippen LogP contribution is -2.14. The third kappa shape index (κ3) is 3.72. The van der Waals surface area contributed by atoms with Crippen molar-refractivity contribution in [3.05, 3.63) is 57.1 Å². The number of halogens is 1. The molecule has 0 heterocycles. The van der Waals surface area contributed by atoms with E-state index < -0.39 is 14.9 Å². The van der Waals surface area contributed by atoms with E-state index in [0.29, 0.717) is 0 Å². The Morgan fingerprint density at radius 2 is 1.91 bits per heavy atom. The first kappa shape index (κ1) is 17.0. The molecule has 7 nitrogen and oxygen atoms in total. The highest BCUT2D eigenvalue weighted by molar-refractivity contribution is 7.92. The molecule has 0 spiro atoms. The van der Waals surface area contributed by atoms with Gasteiger partial charge >= 0.3 is 0 Å². The van der Waals surface area contributed by atoms with Crippen molar-refractivity contribution in [3.8, 4) is 5.75 Å². The van der Waals surface area contributed by atoms with Gasteiger partial charge in [-0.2, -0.15) is 0 Å².